The lowest BCUT2D eigenvalue weighted by Gasteiger charge is -2.19. The Kier molecular flexibility index (Phi) is 5.17. The SMILES string of the molecule is Cc1cc(Br)c(NC(C)c2ccc(N(C)C)cc2)cc1Cl. The van der Waals surface area contributed by atoms with Crippen LogP contribution < -0.4 is 10.2 Å². The smallest absolute Gasteiger partial charge is 0.0504 e. The highest BCUT2D eigenvalue weighted by molar-refractivity contribution is 9.10. The first kappa shape index (κ1) is 16.2. The van der Waals surface area contributed by atoms with Gasteiger partial charge < -0.3 is 10.2 Å². The van der Waals surface area contributed by atoms with Crippen molar-refractivity contribution in [3.8, 4) is 0 Å². The molecule has 0 amide bonds. The minimum Gasteiger partial charge on any atom is -0.378 e. The molecule has 0 aliphatic carbocycles. The van der Waals surface area contributed by atoms with E-state index in [0.29, 0.717) is 0 Å². The Morgan fingerprint density at radius 2 is 1.76 bits per heavy atom. The van der Waals surface area contributed by atoms with E-state index in [1.165, 1.54) is 11.3 Å². The van der Waals surface area contributed by atoms with Gasteiger partial charge in [0, 0.05) is 35.3 Å². The van der Waals surface area contributed by atoms with E-state index in [2.05, 4.69) is 57.3 Å². The average Bonchev–Trinajstić information content (AvgIpc) is 2.44. The Morgan fingerprint density at radius 3 is 2.33 bits per heavy atom. The van der Waals surface area contributed by atoms with E-state index in [9.17, 15) is 0 Å². The highest BCUT2D eigenvalue weighted by atomic mass is 79.9. The summed E-state index contributed by atoms with van der Waals surface area (Å²) in [5.41, 5.74) is 4.52. The maximum absolute atomic E-state index is 6.20. The third-order valence-corrected chi connectivity index (χ3v) is 4.59. The van der Waals surface area contributed by atoms with Crippen LogP contribution in [-0.2, 0) is 0 Å². The third kappa shape index (κ3) is 3.92. The number of nitrogens with one attached hydrogen (secondary N) is 1. The van der Waals surface area contributed by atoms with Gasteiger partial charge in [-0.3, -0.25) is 0 Å². The fourth-order valence-corrected chi connectivity index (χ4v) is 2.87. The highest BCUT2D eigenvalue weighted by Crippen LogP contribution is 2.32. The van der Waals surface area contributed by atoms with Crippen molar-refractivity contribution in [1.82, 2.24) is 0 Å². The molecular formula is C17H20BrClN2. The van der Waals surface area contributed by atoms with Gasteiger partial charge in [-0.05, 0) is 65.2 Å². The van der Waals surface area contributed by atoms with E-state index >= 15 is 0 Å². The van der Waals surface area contributed by atoms with Crippen molar-refractivity contribution < 1.29 is 0 Å². The zero-order chi connectivity index (χ0) is 15.6. The Morgan fingerprint density at radius 1 is 1.14 bits per heavy atom. The van der Waals surface area contributed by atoms with Gasteiger partial charge in [0.15, 0.2) is 0 Å². The molecule has 0 heterocycles. The molecule has 0 bridgehead atoms. The fourth-order valence-electron chi connectivity index (χ4n) is 2.13. The molecule has 112 valence electrons. The van der Waals surface area contributed by atoms with Gasteiger partial charge >= 0.3 is 0 Å². The van der Waals surface area contributed by atoms with Crippen LogP contribution >= 0.6 is 27.5 Å². The van der Waals surface area contributed by atoms with Crippen molar-refractivity contribution in [3.63, 3.8) is 0 Å². The molecule has 0 fully saturated rings. The molecular weight excluding hydrogens is 348 g/mol. The molecule has 2 rings (SSSR count). The lowest BCUT2D eigenvalue weighted by molar-refractivity contribution is 0.883. The minimum absolute atomic E-state index is 0.205. The molecule has 1 N–H and O–H groups in total. The Bertz CT molecular complexity index is 623. The van der Waals surface area contributed by atoms with Crippen molar-refractivity contribution in [2.75, 3.05) is 24.3 Å². The van der Waals surface area contributed by atoms with Gasteiger partial charge in [0.2, 0.25) is 0 Å². The topological polar surface area (TPSA) is 15.3 Å². The first-order valence-electron chi connectivity index (χ1n) is 6.88. The van der Waals surface area contributed by atoms with Crippen LogP contribution in [-0.4, -0.2) is 14.1 Å². The first-order valence-corrected chi connectivity index (χ1v) is 8.05. The molecule has 2 aromatic rings. The summed E-state index contributed by atoms with van der Waals surface area (Å²) in [5.74, 6) is 0. The van der Waals surface area contributed by atoms with Crippen LogP contribution in [0, 0.1) is 6.92 Å². The second-order valence-corrected chi connectivity index (χ2v) is 6.69. The van der Waals surface area contributed by atoms with E-state index < -0.39 is 0 Å². The van der Waals surface area contributed by atoms with Gasteiger partial charge in [-0.1, -0.05) is 23.7 Å². The van der Waals surface area contributed by atoms with E-state index in [0.717, 1.165) is 20.7 Å². The Labute approximate surface area is 140 Å². The molecule has 1 atom stereocenters. The maximum atomic E-state index is 6.20. The molecule has 2 aromatic carbocycles. The second kappa shape index (κ2) is 6.71. The van der Waals surface area contributed by atoms with Crippen molar-refractivity contribution in [3.05, 3.63) is 57.0 Å². The molecule has 0 aromatic heterocycles. The van der Waals surface area contributed by atoms with Crippen LogP contribution in [0.3, 0.4) is 0 Å². The molecule has 1 unspecified atom stereocenters. The molecule has 0 saturated heterocycles. The number of rotatable bonds is 4. The Hall–Kier alpha value is -1.19. The summed E-state index contributed by atoms with van der Waals surface area (Å²) in [7, 11) is 4.09. The second-order valence-electron chi connectivity index (χ2n) is 5.43. The normalized spacial score (nSPS) is 12.1. The van der Waals surface area contributed by atoms with Gasteiger partial charge in [-0.2, -0.15) is 0 Å². The number of benzene rings is 2. The zero-order valence-corrected chi connectivity index (χ0v) is 15.1. The molecule has 4 heteroatoms. The van der Waals surface area contributed by atoms with E-state index in [4.69, 9.17) is 11.6 Å². The summed E-state index contributed by atoms with van der Waals surface area (Å²) >= 11 is 9.79. The third-order valence-electron chi connectivity index (χ3n) is 3.53. The molecule has 0 spiro atoms. The number of nitrogens with zero attached hydrogens (tertiary/aromatic N) is 1. The lowest BCUT2D eigenvalue weighted by Crippen LogP contribution is -2.10. The quantitative estimate of drug-likeness (QED) is 0.751. The summed E-state index contributed by atoms with van der Waals surface area (Å²) in [5, 5.41) is 4.27. The van der Waals surface area contributed by atoms with Gasteiger partial charge in [0.05, 0.1) is 5.69 Å². The van der Waals surface area contributed by atoms with Crippen LogP contribution in [0.15, 0.2) is 40.9 Å². The predicted octanol–water partition coefficient (Wildman–Crippen LogP) is 5.65. The fraction of sp³-hybridized carbons (Fsp3) is 0.294. The van der Waals surface area contributed by atoms with Crippen molar-refractivity contribution in [1.29, 1.82) is 0 Å². The monoisotopic (exact) mass is 366 g/mol. The largest absolute Gasteiger partial charge is 0.378 e. The maximum Gasteiger partial charge on any atom is 0.0504 e. The molecule has 0 aliphatic rings. The van der Waals surface area contributed by atoms with Crippen LogP contribution in [0.2, 0.25) is 5.02 Å². The number of hydrogen-bond acceptors (Lipinski definition) is 2. The van der Waals surface area contributed by atoms with E-state index in [1.807, 2.05) is 33.2 Å². The summed E-state index contributed by atoms with van der Waals surface area (Å²) in [6, 6.07) is 12.8. The summed E-state index contributed by atoms with van der Waals surface area (Å²) in [4.78, 5) is 2.10. The number of hydrogen-bond donors (Lipinski definition) is 1. The minimum atomic E-state index is 0.205. The van der Waals surface area contributed by atoms with E-state index in [-0.39, 0.29) is 6.04 Å². The van der Waals surface area contributed by atoms with E-state index in [1.54, 1.807) is 0 Å². The van der Waals surface area contributed by atoms with Crippen molar-refractivity contribution in [2.24, 2.45) is 0 Å². The summed E-state index contributed by atoms with van der Waals surface area (Å²) in [6.45, 7) is 4.14. The van der Waals surface area contributed by atoms with Gasteiger partial charge in [0.1, 0.15) is 0 Å². The molecule has 0 saturated carbocycles. The van der Waals surface area contributed by atoms with Crippen LogP contribution in [0.4, 0.5) is 11.4 Å². The predicted molar refractivity (Wildman–Crippen MR) is 96.7 cm³/mol. The standard InChI is InChI=1S/C17H20BrClN2/c1-11-9-15(18)17(10-16(11)19)20-12(2)13-5-7-14(8-6-13)21(3)4/h5-10,12,20H,1-4H3. The summed E-state index contributed by atoms with van der Waals surface area (Å²) < 4.78 is 1.03. The van der Waals surface area contributed by atoms with Crippen LogP contribution in [0.25, 0.3) is 0 Å². The van der Waals surface area contributed by atoms with Gasteiger partial charge in [-0.25, -0.2) is 0 Å². The average molecular weight is 368 g/mol. The molecule has 2 nitrogen and oxygen atoms in total. The number of aryl methyl sites for hydroxylation is 1. The number of anilines is 2. The lowest BCUT2D eigenvalue weighted by atomic mass is 10.1. The zero-order valence-electron chi connectivity index (χ0n) is 12.7. The Balaban J connectivity index is 2.17. The van der Waals surface area contributed by atoms with Crippen molar-refractivity contribution in [2.45, 2.75) is 19.9 Å². The molecule has 0 aliphatic heterocycles. The molecule has 21 heavy (non-hydrogen) atoms. The van der Waals surface area contributed by atoms with Gasteiger partial charge in [0.25, 0.3) is 0 Å². The highest BCUT2D eigenvalue weighted by Gasteiger charge is 2.10. The summed E-state index contributed by atoms with van der Waals surface area (Å²) in [6.07, 6.45) is 0. The van der Waals surface area contributed by atoms with Crippen molar-refractivity contribution >= 4 is 38.9 Å². The van der Waals surface area contributed by atoms with Crippen LogP contribution in [0.5, 0.6) is 0 Å². The van der Waals surface area contributed by atoms with Gasteiger partial charge in [-0.15, -0.1) is 0 Å². The first-order chi connectivity index (χ1) is 9.88. The number of halogens is 2. The molecule has 0 radical (unpaired) electrons. The van der Waals surface area contributed by atoms with Crippen LogP contribution in [0.1, 0.15) is 24.1 Å².